The molecule has 37 heavy (non-hydrogen) atoms. The third kappa shape index (κ3) is 6.67. The fraction of sp³-hybridized carbons (Fsp3) is 0.120. The van der Waals surface area contributed by atoms with Gasteiger partial charge in [-0.05, 0) is 79.7 Å². The molecule has 0 aliphatic heterocycles. The van der Waals surface area contributed by atoms with E-state index in [2.05, 4.69) is 25.3 Å². The van der Waals surface area contributed by atoms with Crippen molar-refractivity contribution in [1.29, 1.82) is 0 Å². The van der Waals surface area contributed by atoms with E-state index >= 15 is 0 Å². The van der Waals surface area contributed by atoms with Crippen molar-refractivity contribution in [1.82, 2.24) is 9.97 Å². The van der Waals surface area contributed by atoms with Crippen LogP contribution in [0.15, 0.2) is 83.8 Å². The summed E-state index contributed by atoms with van der Waals surface area (Å²) < 4.78 is 70.8. The Morgan fingerprint density at radius 3 is 1.95 bits per heavy atom. The van der Waals surface area contributed by atoms with Crippen molar-refractivity contribution in [2.24, 2.45) is 0 Å². The minimum Gasteiger partial charge on any atom is -0.497 e. The highest BCUT2D eigenvalue weighted by Crippen LogP contribution is 2.30. The van der Waals surface area contributed by atoms with E-state index in [1.807, 2.05) is 31.2 Å². The molecular weight excluding hydrogens is 507 g/mol. The maximum Gasteiger partial charge on any atom is 0.416 e. The monoisotopic (exact) mass is 529 g/mol. The number of hydrogen-bond donors (Lipinski definition) is 3. The van der Waals surface area contributed by atoms with Crippen LogP contribution in [-0.4, -0.2) is 25.5 Å². The molecule has 1 heterocycles. The molecule has 0 aliphatic carbocycles. The maximum absolute atomic E-state index is 12.7. The number of sulfonamides is 1. The molecule has 0 saturated heterocycles. The topological polar surface area (TPSA) is 105 Å². The van der Waals surface area contributed by atoms with Crippen LogP contribution in [0.1, 0.15) is 11.3 Å². The van der Waals surface area contributed by atoms with Gasteiger partial charge in [0.25, 0.3) is 10.0 Å². The third-order valence-corrected chi connectivity index (χ3v) is 6.50. The van der Waals surface area contributed by atoms with Gasteiger partial charge in [0.1, 0.15) is 11.6 Å². The molecule has 0 unspecified atom stereocenters. The number of anilines is 5. The molecule has 12 heteroatoms. The van der Waals surface area contributed by atoms with Gasteiger partial charge in [0.15, 0.2) is 0 Å². The van der Waals surface area contributed by atoms with Gasteiger partial charge in [-0.3, -0.25) is 4.72 Å². The number of rotatable bonds is 8. The molecule has 3 N–H and O–H groups in total. The van der Waals surface area contributed by atoms with Crippen molar-refractivity contribution in [3.05, 3.63) is 90.1 Å². The van der Waals surface area contributed by atoms with Crippen LogP contribution >= 0.6 is 0 Å². The lowest BCUT2D eigenvalue weighted by Crippen LogP contribution is -2.13. The molecule has 4 rings (SSSR count). The van der Waals surface area contributed by atoms with Crippen LogP contribution in [0, 0.1) is 6.92 Å². The molecule has 1 aromatic heterocycles. The van der Waals surface area contributed by atoms with Crippen LogP contribution in [0.25, 0.3) is 0 Å². The number of aromatic nitrogens is 2. The number of aryl methyl sites for hydroxylation is 1. The first-order valence-electron chi connectivity index (χ1n) is 10.9. The van der Waals surface area contributed by atoms with Gasteiger partial charge in [0.2, 0.25) is 5.95 Å². The number of hydrogen-bond acceptors (Lipinski definition) is 7. The van der Waals surface area contributed by atoms with E-state index in [0.717, 1.165) is 41.4 Å². The van der Waals surface area contributed by atoms with E-state index in [-0.39, 0.29) is 10.6 Å². The Balaban J connectivity index is 1.43. The van der Waals surface area contributed by atoms with E-state index < -0.39 is 21.8 Å². The average molecular weight is 530 g/mol. The first kappa shape index (κ1) is 25.8. The van der Waals surface area contributed by atoms with E-state index in [0.29, 0.717) is 17.5 Å². The Morgan fingerprint density at radius 2 is 1.35 bits per heavy atom. The smallest absolute Gasteiger partial charge is 0.416 e. The fourth-order valence-electron chi connectivity index (χ4n) is 3.30. The largest absolute Gasteiger partial charge is 0.497 e. The molecule has 0 bridgehead atoms. The van der Waals surface area contributed by atoms with Gasteiger partial charge in [0, 0.05) is 28.8 Å². The Morgan fingerprint density at radius 1 is 0.784 bits per heavy atom. The molecule has 3 aromatic carbocycles. The second-order valence-electron chi connectivity index (χ2n) is 7.90. The van der Waals surface area contributed by atoms with Crippen molar-refractivity contribution >= 4 is 38.9 Å². The van der Waals surface area contributed by atoms with Crippen molar-refractivity contribution in [2.75, 3.05) is 22.5 Å². The third-order valence-electron chi connectivity index (χ3n) is 5.10. The van der Waals surface area contributed by atoms with Gasteiger partial charge < -0.3 is 15.4 Å². The Labute approximate surface area is 211 Å². The van der Waals surface area contributed by atoms with Gasteiger partial charge in [-0.15, -0.1) is 0 Å². The van der Waals surface area contributed by atoms with Crippen LogP contribution in [0.3, 0.4) is 0 Å². The number of methoxy groups -OCH3 is 1. The van der Waals surface area contributed by atoms with Crippen molar-refractivity contribution in [3.63, 3.8) is 0 Å². The Kier molecular flexibility index (Phi) is 7.21. The van der Waals surface area contributed by atoms with E-state index in [9.17, 15) is 21.6 Å². The Bertz CT molecular complexity index is 1480. The van der Waals surface area contributed by atoms with Crippen molar-refractivity contribution < 1.29 is 26.3 Å². The lowest BCUT2D eigenvalue weighted by atomic mass is 10.2. The van der Waals surface area contributed by atoms with Crippen LogP contribution < -0.4 is 20.1 Å². The summed E-state index contributed by atoms with van der Waals surface area (Å²) in [6, 6.07) is 18.7. The molecular formula is C25H22F3N5O3S. The lowest BCUT2D eigenvalue weighted by Gasteiger charge is -2.12. The molecule has 0 saturated carbocycles. The number of halogens is 3. The maximum atomic E-state index is 12.7. The summed E-state index contributed by atoms with van der Waals surface area (Å²) in [6.45, 7) is 1.82. The van der Waals surface area contributed by atoms with Gasteiger partial charge in [-0.1, -0.05) is 0 Å². The molecule has 0 radical (unpaired) electrons. The molecule has 192 valence electrons. The number of ether oxygens (including phenoxy) is 1. The van der Waals surface area contributed by atoms with Crippen LogP contribution in [0.2, 0.25) is 0 Å². The highest BCUT2D eigenvalue weighted by Gasteiger charge is 2.30. The van der Waals surface area contributed by atoms with Crippen LogP contribution in [0.4, 0.5) is 42.0 Å². The second kappa shape index (κ2) is 10.3. The summed E-state index contributed by atoms with van der Waals surface area (Å²) in [5.74, 6) is 1.63. The minimum atomic E-state index is -4.55. The quantitative estimate of drug-likeness (QED) is 0.253. The van der Waals surface area contributed by atoms with E-state index in [1.54, 1.807) is 25.3 Å². The van der Waals surface area contributed by atoms with Crippen LogP contribution in [-0.2, 0) is 16.2 Å². The van der Waals surface area contributed by atoms with Gasteiger partial charge in [-0.25, -0.2) is 13.4 Å². The normalized spacial score (nSPS) is 11.6. The highest BCUT2D eigenvalue weighted by atomic mass is 32.2. The SMILES string of the molecule is COc1ccc(Nc2cc(C)nc(Nc3ccc(NS(=O)(=O)c4ccc(C(F)(F)F)cc4)cc3)n2)cc1. The zero-order chi connectivity index (χ0) is 26.6. The zero-order valence-electron chi connectivity index (χ0n) is 19.7. The molecule has 4 aromatic rings. The number of benzene rings is 3. The summed E-state index contributed by atoms with van der Waals surface area (Å²) in [5, 5.41) is 6.26. The van der Waals surface area contributed by atoms with Gasteiger partial charge in [-0.2, -0.15) is 18.2 Å². The zero-order valence-corrected chi connectivity index (χ0v) is 20.5. The molecule has 8 nitrogen and oxygen atoms in total. The van der Waals surface area contributed by atoms with E-state index in [1.165, 1.54) is 12.1 Å². The van der Waals surface area contributed by atoms with Crippen LogP contribution in [0.5, 0.6) is 5.75 Å². The predicted octanol–water partition coefficient (Wildman–Crippen LogP) is 6.10. The summed E-state index contributed by atoms with van der Waals surface area (Å²) in [7, 11) is -2.48. The van der Waals surface area contributed by atoms with Crippen molar-refractivity contribution in [2.45, 2.75) is 18.0 Å². The number of alkyl halides is 3. The second-order valence-corrected chi connectivity index (χ2v) is 9.58. The fourth-order valence-corrected chi connectivity index (χ4v) is 4.36. The highest BCUT2D eigenvalue weighted by molar-refractivity contribution is 7.92. The molecule has 0 spiro atoms. The summed E-state index contributed by atoms with van der Waals surface area (Å²) >= 11 is 0. The number of nitrogens with zero attached hydrogens (tertiary/aromatic N) is 2. The summed E-state index contributed by atoms with van der Waals surface area (Å²) in [5.41, 5.74) is 1.43. The lowest BCUT2D eigenvalue weighted by molar-refractivity contribution is -0.137. The minimum absolute atomic E-state index is 0.234. The molecule has 0 aliphatic rings. The molecule has 0 atom stereocenters. The standard InChI is InChI=1S/C25H22F3N5O3S/c1-16-15-23(30-18-9-11-21(36-2)12-10-18)32-24(29-16)31-19-5-7-20(8-6-19)33-37(34,35)22-13-3-17(4-14-22)25(26,27)28/h3-15,33H,1-2H3,(H2,29,30,31,32). The first-order valence-corrected chi connectivity index (χ1v) is 12.3. The number of nitrogens with one attached hydrogen (secondary N) is 3. The average Bonchev–Trinajstić information content (AvgIpc) is 2.85. The van der Waals surface area contributed by atoms with Gasteiger partial charge in [0.05, 0.1) is 17.6 Å². The van der Waals surface area contributed by atoms with E-state index in [4.69, 9.17) is 4.74 Å². The summed E-state index contributed by atoms with van der Waals surface area (Å²) in [4.78, 5) is 8.54. The first-order chi connectivity index (χ1) is 17.5. The van der Waals surface area contributed by atoms with Gasteiger partial charge >= 0.3 is 6.18 Å². The predicted molar refractivity (Wildman–Crippen MR) is 135 cm³/mol. The van der Waals surface area contributed by atoms with Crippen molar-refractivity contribution in [3.8, 4) is 5.75 Å². The molecule has 0 fully saturated rings. The molecule has 0 amide bonds. The Hall–Kier alpha value is -4.32. The summed E-state index contributed by atoms with van der Waals surface area (Å²) in [6.07, 6.45) is -4.55.